The minimum atomic E-state index is -0.0298. The highest BCUT2D eigenvalue weighted by atomic mass is 16.1. The van der Waals surface area contributed by atoms with Crippen molar-refractivity contribution in [3.8, 4) is 22.5 Å². The fourth-order valence-corrected chi connectivity index (χ4v) is 6.72. The van der Waals surface area contributed by atoms with E-state index in [9.17, 15) is 4.79 Å². The van der Waals surface area contributed by atoms with Crippen LogP contribution in [-0.2, 0) is 0 Å². The van der Waals surface area contributed by atoms with Gasteiger partial charge in [-0.2, -0.15) is 0 Å². The molecule has 0 aliphatic rings. The predicted molar refractivity (Wildman–Crippen MR) is 178 cm³/mol. The number of fused-ring (bicyclic) bond motifs is 8. The quantitative estimate of drug-likeness (QED) is 0.215. The summed E-state index contributed by atoms with van der Waals surface area (Å²) in [6.07, 6.45) is 0. The molecule has 0 aliphatic carbocycles. The van der Waals surface area contributed by atoms with Crippen molar-refractivity contribution in [2.24, 2.45) is 0 Å². The molecular formula is C39H25N3O. The van der Waals surface area contributed by atoms with Crippen LogP contribution in [0.3, 0.4) is 0 Å². The molecule has 6 aromatic carbocycles. The van der Waals surface area contributed by atoms with E-state index in [1.165, 1.54) is 21.8 Å². The third-order valence-electron chi connectivity index (χ3n) is 8.62. The molecule has 3 aromatic heterocycles. The van der Waals surface area contributed by atoms with Gasteiger partial charge in [0, 0.05) is 27.5 Å². The van der Waals surface area contributed by atoms with Crippen LogP contribution in [0.1, 0.15) is 0 Å². The van der Waals surface area contributed by atoms with Crippen LogP contribution < -0.4 is 5.56 Å². The molecule has 0 aliphatic heterocycles. The highest BCUT2D eigenvalue weighted by Gasteiger charge is 2.17. The average molecular weight is 552 g/mol. The number of rotatable bonds is 3. The molecule has 0 fully saturated rings. The predicted octanol–water partition coefficient (Wildman–Crippen LogP) is 9.16. The lowest BCUT2D eigenvalue weighted by molar-refractivity contribution is 1.03. The molecule has 0 bridgehead atoms. The Balaban J connectivity index is 1.27. The Morgan fingerprint density at radius 1 is 0.372 bits per heavy atom. The van der Waals surface area contributed by atoms with E-state index in [0.717, 1.165) is 44.4 Å². The summed E-state index contributed by atoms with van der Waals surface area (Å²) in [5.74, 6) is 0. The lowest BCUT2D eigenvalue weighted by atomic mass is 10.0. The Kier molecular flexibility index (Phi) is 5.02. The Morgan fingerprint density at radius 3 is 1.67 bits per heavy atom. The maximum Gasteiger partial charge on any atom is 0.279 e. The van der Waals surface area contributed by atoms with Gasteiger partial charge in [0.2, 0.25) is 0 Å². The van der Waals surface area contributed by atoms with Gasteiger partial charge in [-0.05, 0) is 83.9 Å². The van der Waals surface area contributed by atoms with Gasteiger partial charge in [-0.15, -0.1) is 0 Å². The van der Waals surface area contributed by atoms with Crippen molar-refractivity contribution in [2.45, 2.75) is 0 Å². The van der Waals surface area contributed by atoms with Gasteiger partial charge >= 0.3 is 0 Å². The zero-order valence-corrected chi connectivity index (χ0v) is 23.2. The van der Waals surface area contributed by atoms with E-state index in [-0.39, 0.29) is 5.56 Å². The first-order valence-electron chi connectivity index (χ1n) is 14.5. The second-order valence-electron chi connectivity index (χ2n) is 11.0. The third kappa shape index (κ3) is 3.47. The minimum Gasteiger partial charge on any atom is -0.309 e. The van der Waals surface area contributed by atoms with Crippen LogP contribution in [0, 0.1) is 0 Å². The molecule has 0 N–H and O–H groups in total. The zero-order valence-electron chi connectivity index (χ0n) is 23.2. The van der Waals surface area contributed by atoms with Crippen molar-refractivity contribution in [3.05, 3.63) is 162 Å². The number of aromatic nitrogens is 3. The summed E-state index contributed by atoms with van der Waals surface area (Å²) >= 11 is 0. The summed E-state index contributed by atoms with van der Waals surface area (Å²) in [4.78, 5) is 14.0. The number of hydrogen-bond acceptors (Lipinski definition) is 1. The molecule has 4 heteroatoms. The summed E-state index contributed by atoms with van der Waals surface area (Å²) in [6, 6.07) is 52.4. The lowest BCUT2D eigenvalue weighted by Crippen LogP contribution is -2.21. The molecule has 0 saturated heterocycles. The summed E-state index contributed by atoms with van der Waals surface area (Å²) in [5, 5.41) is 3.49. The first kappa shape index (κ1) is 23.8. The van der Waals surface area contributed by atoms with E-state index < -0.39 is 0 Å². The van der Waals surface area contributed by atoms with Gasteiger partial charge in [0.25, 0.3) is 5.56 Å². The van der Waals surface area contributed by atoms with Gasteiger partial charge in [-0.25, -0.2) is 0 Å². The summed E-state index contributed by atoms with van der Waals surface area (Å²) < 4.78 is 6.26. The van der Waals surface area contributed by atoms with Crippen molar-refractivity contribution in [3.63, 3.8) is 0 Å². The van der Waals surface area contributed by atoms with Crippen LogP contribution in [0.5, 0.6) is 0 Å². The van der Waals surface area contributed by atoms with Gasteiger partial charge in [0.15, 0.2) is 0 Å². The van der Waals surface area contributed by atoms with E-state index in [2.05, 4.69) is 106 Å². The lowest BCUT2D eigenvalue weighted by Gasteiger charge is -2.13. The minimum absolute atomic E-state index is 0.0298. The Hall–Kier alpha value is -5.87. The van der Waals surface area contributed by atoms with Crippen molar-refractivity contribution in [1.29, 1.82) is 0 Å². The van der Waals surface area contributed by atoms with Crippen molar-refractivity contribution < 1.29 is 0 Å². The molecule has 9 aromatic rings. The van der Waals surface area contributed by atoms with Crippen LogP contribution >= 0.6 is 0 Å². The van der Waals surface area contributed by atoms with E-state index in [1.54, 1.807) is 0 Å². The molecule has 202 valence electrons. The molecule has 0 atom stereocenters. The summed E-state index contributed by atoms with van der Waals surface area (Å²) in [7, 11) is 0. The summed E-state index contributed by atoms with van der Waals surface area (Å²) in [5.41, 5.74) is 10.2. The number of nitrogens with zero attached hydrogens (tertiary/aromatic N) is 3. The van der Waals surface area contributed by atoms with E-state index in [0.29, 0.717) is 5.52 Å². The van der Waals surface area contributed by atoms with Crippen LogP contribution in [0.2, 0.25) is 0 Å². The number of para-hydroxylation sites is 5. The molecule has 0 radical (unpaired) electrons. The molecule has 0 saturated carbocycles. The molecular weight excluding hydrogens is 526 g/mol. The maximum atomic E-state index is 14.0. The Morgan fingerprint density at radius 2 is 0.930 bits per heavy atom. The van der Waals surface area contributed by atoms with E-state index >= 15 is 0 Å². The molecule has 4 nitrogen and oxygen atoms in total. The zero-order chi connectivity index (χ0) is 28.5. The average Bonchev–Trinajstić information content (AvgIpc) is 3.62. The fraction of sp³-hybridized carbons (Fsp3) is 0. The van der Waals surface area contributed by atoms with Crippen LogP contribution in [0.25, 0.3) is 71.8 Å². The Bertz CT molecular complexity index is 2570. The second kappa shape index (κ2) is 9.07. The Labute approximate surface area is 246 Å². The molecule has 0 amide bonds. The number of hydrogen-bond donors (Lipinski definition) is 0. The van der Waals surface area contributed by atoms with Gasteiger partial charge in [-0.3, -0.25) is 9.36 Å². The molecule has 0 spiro atoms. The first-order valence-corrected chi connectivity index (χ1v) is 14.5. The summed E-state index contributed by atoms with van der Waals surface area (Å²) in [6.45, 7) is 0. The maximum absolute atomic E-state index is 14.0. The molecule has 0 unspecified atom stereocenters. The third-order valence-corrected chi connectivity index (χ3v) is 8.62. The second-order valence-corrected chi connectivity index (χ2v) is 11.0. The number of benzene rings is 6. The van der Waals surface area contributed by atoms with Gasteiger partial charge in [0.05, 0.1) is 27.6 Å². The van der Waals surface area contributed by atoms with Crippen LogP contribution in [0.4, 0.5) is 0 Å². The van der Waals surface area contributed by atoms with Gasteiger partial charge in [-0.1, -0.05) is 78.9 Å². The highest BCUT2D eigenvalue weighted by molar-refractivity contribution is 6.10. The van der Waals surface area contributed by atoms with Crippen LogP contribution in [0.15, 0.2) is 156 Å². The van der Waals surface area contributed by atoms with E-state index in [1.807, 2.05) is 59.2 Å². The highest BCUT2D eigenvalue weighted by Crippen LogP contribution is 2.36. The smallest absolute Gasteiger partial charge is 0.279 e. The fourth-order valence-electron chi connectivity index (χ4n) is 6.72. The van der Waals surface area contributed by atoms with Crippen molar-refractivity contribution in [2.75, 3.05) is 0 Å². The SMILES string of the molecule is O=c1c2cc3cc(-c4ccc5c(c4)c4ccccc4n5-c4ccccc4)ccc3n2c2ccccc2n1-c1ccccc1. The van der Waals surface area contributed by atoms with Crippen molar-refractivity contribution >= 4 is 49.3 Å². The topological polar surface area (TPSA) is 31.3 Å². The standard InChI is InChI=1S/C39H25N3O/c43-39-38-25-28-23-26(19-21-33(28)42(38)37-18-10-9-17-36(37)41(39)30-13-5-2-6-14-30)27-20-22-35-32(24-27)31-15-7-8-16-34(31)40(35)29-11-3-1-4-12-29/h1-25H. The monoisotopic (exact) mass is 551 g/mol. The first-order chi connectivity index (χ1) is 21.3. The van der Waals surface area contributed by atoms with Gasteiger partial charge in [0.1, 0.15) is 5.52 Å². The normalized spacial score (nSPS) is 11.8. The van der Waals surface area contributed by atoms with Crippen LogP contribution in [-0.4, -0.2) is 13.5 Å². The molecule has 3 heterocycles. The van der Waals surface area contributed by atoms with E-state index in [4.69, 9.17) is 0 Å². The molecule has 9 rings (SSSR count). The largest absolute Gasteiger partial charge is 0.309 e. The van der Waals surface area contributed by atoms with Crippen molar-refractivity contribution in [1.82, 2.24) is 13.5 Å². The van der Waals surface area contributed by atoms with Gasteiger partial charge < -0.3 is 8.97 Å². The molecule has 43 heavy (non-hydrogen) atoms.